The molecule has 0 atom stereocenters. The van der Waals surface area contributed by atoms with Gasteiger partial charge in [0.2, 0.25) is 5.24 Å². The fourth-order valence-corrected chi connectivity index (χ4v) is 3.35. The van der Waals surface area contributed by atoms with E-state index in [-0.39, 0.29) is 11.0 Å². The summed E-state index contributed by atoms with van der Waals surface area (Å²) in [6.07, 6.45) is 0. The van der Waals surface area contributed by atoms with Gasteiger partial charge in [-0.05, 0) is 70.4 Å². The lowest BCUT2D eigenvalue weighted by molar-refractivity contribution is -0.109. The molecular formula is C24H19Br2ClO2. The highest BCUT2D eigenvalue weighted by Crippen LogP contribution is 2.21. The topological polar surface area (TPSA) is 34.1 Å². The van der Waals surface area contributed by atoms with Gasteiger partial charge in [0, 0.05) is 21.4 Å². The van der Waals surface area contributed by atoms with Crippen LogP contribution in [0.25, 0.3) is 21.5 Å². The Balaban J connectivity index is 0.000000179. The van der Waals surface area contributed by atoms with Gasteiger partial charge in [-0.1, -0.05) is 80.4 Å². The average molecular weight is 535 g/mol. The molecule has 0 aliphatic heterocycles. The largest absolute Gasteiger partial charge is 0.295 e. The maximum atomic E-state index is 11.1. The van der Waals surface area contributed by atoms with E-state index in [0.29, 0.717) is 0 Å². The molecule has 0 saturated carbocycles. The first-order chi connectivity index (χ1) is 13.8. The van der Waals surface area contributed by atoms with Crippen LogP contribution in [0.2, 0.25) is 0 Å². The molecular weight excluding hydrogens is 516 g/mol. The highest BCUT2D eigenvalue weighted by Gasteiger charge is 2.00. The number of rotatable bonds is 1. The van der Waals surface area contributed by atoms with Gasteiger partial charge in [-0.25, -0.2) is 0 Å². The fraction of sp³-hybridized carbons (Fsp3) is 0.0833. The number of Topliss-reactive ketones (excluding diaryl/α,β-unsaturated/α-hetero) is 1. The molecule has 4 aromatic rings. The zero-order chi connectivity index (χ0) is 21.4. The van der Waals surface area contributed by atoms with Gasteiger partial charge in [0.1, 0.15) is 0 Å². The molecule has 4 aromatic carbocycles. The number of carbonyl (C=O) groups is 2. The maximum absolute atomic E-state index is 11.1. The van der Waals surface area contributed by atoms with Gasteiger partial charge in [-0.15, -0.1) is 0 Å². The molecule has 0 N–H and O–H groups in total. The zero-order valence-corrected chi connectivity index (χ0v) is 19.9. The molecule has 5 heteroatoms. The molecule has 0 unspecified atom stereocenters. The molecule has 0 amide bonds. The van der Waals surface area contributed by atoms with Crippen LogP contribution in [0.15, 0.2) is 87.8 Å². The van der Waals surface area contributed by atoms with E-state index in [1.807, 2.05) is 36.4 Å². The van der Waals surface area contributed by atoms with Crippen molar-refractivity contribution < 1.29 is 9.59 Å². The maximum Gasteiger partial charge on any atom is 0.218 e. The molecule has 4 rings (SSSR count). The molecule has 148 valence electrons. The number of hydrogen-bond acceptors (Lipinski definition) is 2. The van der Waals surface area contributed by atoms with Crippen molar-refractivity contribution in [1.29, 1.82) is 0 Å². The Morgan fingerprint density at radius 2 is 1.07 bits per heavy atom. The summed E-state index contributed by atoms with van der Waals surface area (Å²) in [4.78, 5) is 20.4. The third-order valence-corrected chi connectivity index (χ3v) is 4.91. The molecule has 0 aliphatic carbocycles. The first-order valence-electron chi connectivity index (χ1n) is 8.77. The second kappa shape index (κ2) is 11.2. The summed E-state index contributed by atoms with van der Waals surface area (Å²) in [6.45, 7) is 2.88. The number of halogens is 3. The predicted molar refractivity (Wildman–Crippen MR) is 130 cm³/mol. The number of benzene rings is 4. The quantitative estimate of drug-likeness (QED) is 0.182. The van der Waals surface area contributed by atoms with Crippen molar-refractivity contribution in [2.24, 2.45) is 0 Å². The van der Waals surface area contributed by atoms with Crippen molar-refractivity contribution in [3.05, 3.63) is 93.4 Å². The van der Waals surface area contributed by atoms with Gasteiger partial charge < -0.3 is 0 Å². The summed E-state index contributed by atoms with van der Waals surface area (Å²) in [5, 5.41) is 4.45. The standard InChI is InChI=1S/C12H9BrO.C10H7Br.C2H3ClO/c1-8(14)9-2-3-11-7-12(13)5-4-10(11)6-9;11-10-6-5-8-3-1-2-4-9(8)7-10;1-2(3)4/h2-7H,1H3;1-7H;1H3. The normalized spacial score (nSPS) is 9.83. The van der Waals surface area contributed by atoms with Crippen molar-refractivity contribution in [3.63, 3.8) is 0 Å². The lowest BCUT2D eigenvalue weighted by Gasteiger charge is -2.00. The Kier molecular flexibility index (Phi) is 9.02. The Hall–Kier alpha value is -2.01. The molecule has 0 saturated heterocycles. The van der Waals surface area contributed by atoms with E-state index in [0.717, 1.165) is 25.3 Å². The van der Waals surface area contributed by atoms with Crippen LogP contribution in [-0.2, 0) is 4.79 Å². The van der Waals surface area contributed by atoms with E-state index in [9.17, 15) is 9.59 Å². The lowest BCUT2D eigenvalue weighted by Crippen LogP contribution is -1.90. The molecule has 2 nitrogen and oxygen atoms in total. The summed E-state index contributed by atoms with van der Waals surface area (Å²) < 4.78 is 2.19. The second-order valence-electron chi connectivity index (χ2n) is 6.22. The van der Waals surface area contributed by atoms with Crippen molar-refractivity contribution in [2.75, 3.05) is 0 Å². The van der Waals surface area contributed by atoms with Crippen LogP contribution in [0.3, 0.4) is 0 Å². The number of fused-ring (bicyclic) bond motifs is 2. The van der Waals surface area contributed by atoms with Crippen molar-refractivity contribution in [3.8, 4) is 0 Å². The molecule has 0 aliphatic rings. The second-order valence-corrected chi connectivity index (χ2v) is 8.59. The Morgan fingerprint density at radius 3 is 1.62 bits per heavy atom. The molecule has 0 bridgehead atoms. The third-order valence-electron chi connectivity index (χ3n) is 3.92. The molecule has 0 radical (unpaired) electrons. The summed E-state index contributed by atoms with van der Waals surface area (Å²) in [5.41, 5.74) is 0.764. The number of carbonyl (C=O) groups excluding carboxylic acids is 2. The third kappa shape index (κ3) is 7.73. The van der Waals surface area contributed by atoms with E-state index < -0.39 is 0 Å². The number of hydrogen-bond donors (Lipinski definition) is 0. The monoisotopic (exact) mass is 532 g/mol. The van der Waals surface area contributed by atoms with Crippen molar-refractivity contribution in [2.45, 2.75) is 13.8 Å². The van der Waals surface area contributed by atoms with Gasteiger partial charge in [-0.3, -0.25) is 9.59 Å². The molecule has 0 aromatic heterocycles. The van der Waals surface area contributed by atoms with E-state index in [1.54, 1.807) is 6.92 Å². The van der Waals surface area contributed by atoms with Crippen molar-refractivity contribution in [1.82, 2.24) is 0 Å². The molecule has 0 heterocycles. The SMILES string of the molecule is Brc1ccc2ccccc2c1.CC(=O)Cl.CC(=O)c1ccc2cc(Br)ccc2c1. The predicted octanol–water partition coefficient (Wildman–Crippen LogP) is 8.18. The smallest absolute Gasteiger partial charge is 0.218 e. The Morgan fingerprint density at radius 1 is 0.655 bits per heavy atom. The van der Waals surface area contributed by atoms with Crippen LogP contribution in [0, 0.1) is 0 Å². The van der Waals surface area contributed by atoms with Gasteiger partial charge in [0.05, 0.1) is 0 Å². The molecule has 29 heavy (non-hydrogen) atoms. The first kappa shape index (κ1) is 23.3. The zero-order valence-electron chi connectivity index (χ0n) is 16.0. The number of ketones is 1. The highest BCUT2D eigenvalue weighted by molar-refractivity contribution is 9.10. The minimum Gasteiger partial charge on any atom is -0.295 e. The van der Waals surface area contributed by atoms with Crippen LogP contribution in [0.5, 0.6) is 0 Å². The molecule has 0 fully saturated rings. The Labute approximate surface area is 192 Å². The Bertz CT molecular complexity index is 1150. The van der Waals surface area contributed by atoms with E-state index in [1.165, 1.54) is 17.7 Å². The highest BCUT2D eigenvalue weighted by atomic mass is 79.9. The van der Waals surface area contributed by atoms with Crippen LogP contribution in [-0.4, -0.2) is 11.0 Å². The minimum absolute atomic E-state index is 0.106. The van der Waals surface area contributed by atoms with Gasteiger partial charge >= 0.3 is 0 Å². The van der Waals surface area contributed by atoms with Gasteiger partial charge in [-0.2, -0.15) is 0 Å². The first-order valence-corrected chi connectivity index (χ1v) is 10.7. The minimum atomic E-state index is -0.361. The fourth-order valence-electron chi connectivity index (χ4n) is 2.60. The summed E-state index contributed by atoms with van der Waals surface area (Å²) in [5.74, 6) is 0.106. The average Bonchev–Trinajstić information content (AvgIpc) is 2.67. The van der Waals surface area contributed by atoms with Crippen molar-refractivity contribution >= 4 is 76.0 Å². The summed E-state index contributed by atoms with van der Waals surface area (Å²) >= 11 is 11.5. The van der Waals surface area contributed by atoms with Crippen LogP contribution >= 0.6 is 43.5 Å². The van der Waals surface area contributed by atoms with E-state index >= 15 is 0 Å². The van der Waals surface area contributed by atoms with Gasteiger partial charge in [0.15, 0.2) is 5.78 Å². The summed E-state index contributed by atoms with van der Waals surface area (Å²) in [7, 11) is 0. The van der Waals surface area contributed by atoms with Crippen LogP contribution in [0.1, 0.15) is 24.2 Å². The summed E-state index contributed by atoms with van der Waals surface area (Å²) in [6, 6.07) is 26.4. The van der Waals surface area contributed by atoms with E-state index in [4.69, 9.17) is 0 Å². The van der Waals surface area contributed by atoms with Crippen LogP contribution in [0.4, 0.5) is 0 Å². The van der Waals surface area contributed by atoms with Gasteiger partial charge in [0.25, 0.3) is 0 Å². The van der Waals surface area contributed by atoms with E-state index in [2.05, 4.69) is 85.9 Å². The molecule has 0 spiro atoms. The lowest BCUT2D eigenvalue weighted by atomic mass is 10.1. The van der Waals surface area contributed by atoms with Crippen LogP contribution < -0.4 is 0 Å².